The van der Waals surface area contributed by atoms with E-state index >= 15 is 0 Å². The smallest absolute Gasteiger partial charge is 0.279 e. The number of aliphatic hydroxyl groups is 1. The molecule has 1 atom stereocenters. The number of rotatable bonds is 15. The lowest BCUT2D eigenvalue weighted by Crippen LogP contribution is -2.14. The molecule has 0 saturated carbocycles. The number of nitrogens with zero attached hydrogens (tertiary/aromatic N) is 4. The highest BCUT2D eigenvalue weighted by molar-refractivity contribution is 8.01. The number of allylic oxidation sites excluding steroid dienone is 1. The Morgan fingerprint density at radius 2 is 1.76 bits per heavy atom. The Morgan fingerprint density at radius 1 is 1.05 bits per heavy atom. The van der Waals surface area contributed by atoms with E-state index in [0.29, 0.717) is 11.8 Å². The molecule has 1 aromatic carbocycles. The fraction of sp³-hybridized carbons (Fsp3) is 0.577. The number of thioether (sulfide) groups is 1. The second-order valence-corrected chi connectivity index (χ2v) is 12.2. The number of phenolic OH excluding ortho intramolecular Hbond substituents is 2. The van der Waals surface area contributed by atoms with Crippen LogP contribution in [0.4, 0.5) is 10.8 Å². The van der Waals surface area contributed by atoms with Crippen molar-refractivity contribution >= 4 is 39.8 Å². The second kappa shape index (κ2) is 15.6. The van der Waals surface area contributed by atoms with Gasteiger partial charge in [-0.3, -0.25) is 4.79 Å². The van der Waals surface area contributed by atoms with Gasteiger partial charge in [0.05, 0.1) is 5.69 Å². The number of amides is 1. The summed E-state index contributed by atoms with van der Waals surface area (Å²) in [6.07, 6.45) is 7.41. The Morgan fingerprint density at radius 3 is 2.43 bits per heavy atom. The zero-order valence-corrected chi connectivity index (χ0v) is 23.9. The molecular formula is C26H39N5O4S2. The minimum Gasteiger partial charge on any atom is -0.510 e. The lowest BCUT2D eigenvalue weighted by atomic mass is 9.93. The average molecular weight is 550 g/mol. The first-order valence-electron chi connectivity index (χ1n) is 12.7. The SMILES string of the molecule is C/C(O)=C(\N=Nc1nnc(SCC(CCCCC(C)C)CCC(C)C)s1)C(=O)Nc1cc(O)ccc1O. The van der Waals surface area contributed by atoms with E-state index in [9.17, 15) is 20.1 Å². The third-order valence-electron chi connectivity index (χ3n) is 5.66. The molecule has 1 aromatic heterocycles. The molecule has 37 heavy (non-hydrogen) atoms. The quantitative estimate of drug-likeness (QED) is 0.0337. The van der Waals surface area contributed by atoms with Gasteiger partial charge in [0.15, 0.2) is 10.0 Å². The van der Waals surface area contributed by atoms with Gasteiger partial charge < -0.3 is 20.6 Å². The topological polar surface area (TPSA) is 140 Å². The summed E-state index contributed by atoms with van der Waals surface area (Å²) in [5.41, 5.74) is -0.368. The molecule has 0 spiro atoms. The number of unbranched alkanes of at least 4 members (excludes halogenated alkanes) is 1. The van der Waals surface area contributed by atoms with E-state index < -0.39 is 5.91 Å². The lowest BCUT2D eigenvalue weighted by molar-refractivity contribution is -0.113. The molecule has 4 N–H and O–H groups in total. The van der Waals surface area contributed by atoms with Gasteiger partial charge in [0.1, 0.15) is 17.3 Å². The number of aliphatic hydroxyl groups excluding tert-OH is 1. The number of hydrogen-bond donors (Lipinski definition) is 4. The molecule has 204 valence electrons. The van der Waals surface area contributed by atoms with Crippen LogP contribution in [-0.2, 0) is 4.79 Å². The third-order valence-corrected chi connectivity index (χ3v) is 7.83. The summed E-state index contributed by atoms with van der Waals surface area (Å²) in [7, 11) is 0. The first-order chi connectivity index (χ1) is 17.5. The van der Waals surface area contributed by atoms with Crippen LogP contribution in [0.2, 0.25) is 0 Å². The van der Waals surface area contributed by atoms with E-state index in [1.165, 1.54) is 75.0 Å². The van der Waals surface area contributed by atoms with Crippen LogP contribution in [-0.4, -0.2) is 37.2 Å². The van der Waals surface area contributed by atoms with Crippen LogP contribution in [0.5, 0.6) is 11.5 Å². The number of benzene rings is 1. The highest BCUT2D eigenvalue weighted by Crippen LogP contribution is 2.32. The summed E-state index contributed by atoms with van der Waals surface area (Å²) in [6, 6.07) is 3.70. The first kappa shape index (κ1) is 30.6. The van der Waals surface area contributed by atoms with Gasteiger partial charge in [-0.25, -0.2) is 0 Å². The molecule has 2 aromatic rings. The standard InChI is InChI=1S/C26H39N5O4S2/c1-16(2)8-6-7-9-19(11-10-17(3)4)15-36-26-31-30-25(37-26)29-28-23(18(5)32)24(35)27-21-14-20(33)12-13-22(21)34/h12-14,16-17,19,32-34H,6-11,15H2,1-5H3,(H,27,35)/b23-18+,29-28?. The molecule has 11 heteroatoms. The molecule has 1 heterocycles. The van der Waals surface area contributed by atoms with Crippen molar-refractivity contribution in [1.29, 1.82) is 0 Å². The number of azo groups is 1. The van der Waals surface area contributed by atoms with Gasteiger partial charge in [-0.2, -0.15) is 0 Å². The Balaban J connectivity index is 1.98. The fourth-order valence-corrected chi connectivity index (χ4v) is 5.41. The van der Waals surface area contributed by atoms with Crippen molar-refractivity contribution in [3.63, 3.8) is 0 Å². The maximum atomic E-state index is 12.6. The van der Waals surface area contributed by atoms with Crippen LogP contribution < -0.4 is 5.32 Å². The monoisotopic (exact) mass is 549 g/mol. The van der Waals surface area contributed by atoms with E-state index in [0.717, 1.165) is 16.0 Å². The molecule has 1 amide bonds. The number of aromatic nitrogens is 2. The molecule has 0 bridgehead atoms. The molecule has 0 saturated heterocycles. The van der Waals surface area contributed by atoms with Crippen molar-refractivity contribution in [3.05, 3.63) is 29.7 Å². The number of aromatic hydroxyl groups is 2. The van der Waals surface area contributed by atoms with E-state index in [1.54, 1.807) is 11.8 Å². The second-order valence-electron chi connectivity index (χ2n) is 9.97. The molecule has 0 aliphatic carbocycles. The largest absolute Gasteiger partial charge is 0.510 e. The molecule has 0 fully saturated rings. The summed E-state index contributed by atoms with van der Waals surface area (Å²) < 4.78 is 0.783. The number of hydrogen-bond acceptors (Lipinski definition) is 10. The van der Waals surface area contributed by atoms with Crippen molar-refractivity contribution in [2.24, 2.45) is 28.0 Å². The predicted molar refractivity (Wildman–Crippen MR) is 150 cm³/mol. The number of carbonyl (C=O) groups excluding carboxylic acids is 1. The normalized spacial score (nSPS) is 13.4. The van der Waals surface area contributed by atoms with E-state index in [2.05, 4.69) is 53.4 Å². The van der Waals surface area contributed by atoms with Gasteiger partial charge in [0.25, 0.3) is 11.0 Å². The Labute approximate surface area is 227 Å². The van der Waals surface area contributed by atoms with Gasteiger partial charge in [-0.15, -0.1) is 20.4 Å². The average Bonchev–Trinajstić information content (AvgIpc) is 3.27. The van der Waals surface area contributed by atoms with Crippen molar-refractivity contribution in [1.82, 2.24) is 10.2 Å². The van der Waals surface area contributed by atoms with Crippen LogP contribution in [0.1, 0.15) is 73.1 Å². The summed E-state index contributed by atoms with van der Waals surface area (Å²) in [4.78, 5) is 12.6. The van der Waals surface area contributed by atoms with Crippen molar-refractivity contribution in [2.45, 2.75) is 77.5 Å². The molecule has 0 aliphatic rings. The third kappa shape index (κ3) is 11.5. The van der Waals surface area contributed by atoms with Crippen LogP contribution in [0.25, 0.3) is 0 Å². The summed E-state index contributed by atoms with van der Waals surface area (Å²) >= 11 is 2.94. The van der Waals surface area contributed by atoms with E-state index in [1.807, 2.05) is 0 Å². The van der Waals surface area contributed by atoms with Gasteiger partial charge in [0.2, 0.25) is 0 Å². The minimum absolute atomic E-state index is 0.0234. The van der Waals surface area contributed by atoms with Crippen LogP contribution >= 0.6 is 23.1 Å². The molecule has 0 aliphatic heterocycles. The van der Waals surface area contributed by atoms with Gasteiger partial charge in [-0.1, -0.05) is 76.5 Å². The maximum Gasteiger partial charge on any atom is 0.279 e. The van der Waals surface area contributed by atoms with Crippen molar-refractivity contribution < 1.29 is 20.1 Å². The summed E-state index contributed by atoms with van der Waals surface area (Å²) in [6.45, 7) is 10.4. The Bertz CT molecular complexity index is 1060. The lowest BCUT2D eigenvalue weighted by Gasteiger charge is -2.17. The molecule has 9 nitrogen and oxygen atoms in total. The summed E-state index contributed by atoms with van der Waals surface area (Å²) in [5, 5.41) is 48.1. The highest BCUT2D eigenvalue weighted by atomic mass is 32.2. The van der Waals surface area contributed by atoms with Crippen molar-refractivity contribution in [3.8, 4) is 11.5 Å². The zero-order valence-electron chi connectivity index (χ0n) is 22.3. The number of phenols is 2. The van der Waals surface area contributed by atoms with Gasteiger partial charge in [-0.05, 0) is 49.7 Å². The fourth-order valence-electron chi connectivity index (χ4n) is 3.54. The molecule has 1 unspecified atom stereocenters. The predicted octanol–water partition coefficient (Wildman–Crippen LogP) is 7.82. The van der Waals surface area contributed by atoms with Crippen molar-refractivity contribution in [2.75, 3.05) is 11.1 Å². The van der Waals surface area contributed by atoms with Gasteiger partial charge in [0, 0.05) is 11.8 Å². The van der Waals surface area contributed by atoms with E-state index in [-0.39, 0.29) is 33.8 Å². The van der Waals surface area contributed by atoms with Crippen LogP contribution in [0, 0.1) is 17.8 Å². The molecule has 0 radical (unpaired) electrons. The minimum atomic E-state index is -0.797. The highest BCUT2D eigenvalue weighted by Gasteiger charge is 2.17. The number of nitrogens with one attached hydrogen (secondary N) is 1. The van der Waals surface area contributed by atoms with Gasteiger partial charge >= 0.3 is 0 Å². The van der Waals surface area contributed by atoms with Crippen LogP contribution in [0.15, 0.2) is 44.2 Å². The number of anilines is 1. The molecule has 2 rings (SSSR count). The Kier molecular flexibility index (Phi) is 12.9. The first-order valence-corrected chi connectivity index (χ1v) is 14.5. The molecular weight excluding hydrogens is 510 g/mol. The van der Waals surface area contributed by atoms with E-state index in [4.69, 9.17) is 0 Å². The zero-order chi connectivity index (χ0) is 27.4. The summed E-state index contributed by atoms with van der Waals surface area (Å²) in [5.74, 6) is 1.49. The Hall–Kier alpha value is -2.66. The van der Waals surface area contributed by atoms with Crippen LogP contribution in [0.3, 0.4) is 0 Å². The number of carbonyl (C=O) groups is 1. The maximum absolute atomic E-state index is 12.6.